The van der Waals surface area contributed by atoms with Crippen LogP contribution in [-0.4, -0.2) is 88.9 Å². The molecule has 176 valence electrons. The molecule has 1 unspecified atom stereocenters. The first kappa shape index (κ1) is 22.1. The van der Waals surface area contributed by atoms with E-state index < -0.39 is 0 Å². The summed E-state index contributed by atoms with van der Waals surface area (Å²) in [6.07, 6.45) is 5.32. The lowest BCUT2D eigenvalue weighted by molar-refractivity contribution is 0.0303. The van der Waals surface area contributed by atoms with Crippen LogP contribution in [0.5, 0.6) is 0 Å². The molecule has 3 heterocycles. The van der Waals surface area contributed by atoms with Crippen molar-refractivity contribution in [3.63, 3.8) is 0 Å². The molecule has 1 aliphatic carbocycles. The highest BCUT2D eigenvalue weighted by Crippen LogP contribution is 2.40. The molecule has 8 heteroatoms. The zero-order chi connectivity index (χ0) is 22.9. The number of carbonyl (C=O) groups is 2. The van der Waals surface area contributed by atoms with Gasteiger partial charge in [-0.1, -0.05) is 29.8 Å². The molecule has 33 heavy (non-hydrogen) atoms. The number of aromatic nitrogens is 2. The molecule has 3 fully saturated rings. The molecule has 1 aromatic heterocycles. The lowest BCUT2D eigenvalue weighted by Crippen LogP contribution is -2.40. The largest absolute Gasteiger partial charge is 0.378 e. The molecule has 1 saturated carbocycles. The maximum Gasteiger partial charge on any atom is 0.344 e. The monoisotopic (exact) mass is 451 g/mol. The van der Waals surface area contributed by atoms with E-state index in [1.54, 1.807) is 11.1 Å². The van der Waals surface area contributed by atoms with Crippen LogP contribution >= 0.6 is 0 Å². The Balaban J connectivity index is 1.15. The van der Waals surface area contributed by atoms with Gasteiger partial charge in [-0.3, -0.25) is 9.69 Å². The third-order valence-corrected chi connectivity index (χ3v) is 7.50. The zero-order valence-electron chi connectivity index (χ0n) is 19.5. The molecule has 2 aliphatic heterocycles. The Labute approximate surface area is 195 Å². The Bertz CT molecular complexity index is 984. The second kappa shape index (κ2) is 9.27. The van der Waals surface area contributed by atoms with Crippen LogP contribution in [0.25, 0.3) is 0 Å². The van der Waals surface area contributed by atoms with E-state index in [-0.39, 0.29) is 11.9 Å². The number of aryl methyl sites for hydroxylation is 1. The summed E-state index contributed by atoms with van der Waals surface area (Å²) in [6, 6.07) is 9.20. The Hall–Kier alpha value is -2.71. The number of likely N-dealkylation sites (tertiary alicyclic amines) is 1. The summed E-state index contributed by atoms with van der Waals surface area (Å²) in [6.45, 7) is 6.87. The van der Waals surface area contributed by atoms with Crippen molar-refractivity contribution in [1.82, 2.24) is 24.5 Å². The highest BCUT2D eigenvalue weighted by Gasteiger charge is 2.43. The summed E-state index contributed by atoms with van der Waals surface area (Å²) >= 11 is 0. The van der Waals surface area contributed by atoms with E-state index in [0.29, 0.717) is 49.7 Å². The molecule has 2 saturated heterocycles. The smallest absolute Gasteiger partial charge is 0.344 e. The molecule has 0 N–H and O–H groups in total. The predicted molar refractivity (Wildman–Crippen MR) is 124 cm³/mol. The lowest BCUT2D eigenvalue weighted by atomic mass is 10.0. The molecular formula is C25H33N5O3. The molecule has 0 radical (unpaired) electrons. The quantitative estimate of drug-likeness (QED) is 0.714. The molecule has 3 atom stereocenters. The number of carbonyl (C=O) groups excluding carboxylic acids is 2. The van der Waals surface area contributed by atoms with Gasteiger partial charge in [-0.2, -0.15) is 9.78 Å². The average Bonchev–Trinajstić information content (AvgIpc) is 3.55. The first-order chi connectivity index (χ1) is 16.0. The molecular weight excluding hydrogens is 418 g/mol. The summed E-state index contributed by atoms with van der Waals surface area (Å²) in [5.41, 5.74) is 3.09. The van der Waals surface area contributed by atoms with Gasteiger partial charge in [0.05, 0.1) is 25.0 Å². The molecule has 2 aromatic rings. The summed E-state index contributed by atoms with van der Waals surface area (Å²) < 4.78 is 6.64. The first-order valence-electron chi connectivity index (χ1n) is 11.9. The SMILES string of the molecule is Cc1ccc(CN(C)C2C[C@@H]3CN(C(=O)n4cc(C(=O)N5CCOCC5)cn4)C[C@@H]3C2)cc1. The summed E-state index contributed by atoms with van der Waals surface area (Å²) in [7, 11) is 2.21. The number of nitrogens with zero attached hydrogens (tertiary/aromatic N) is 5. The number of ether oxygens (including phenoxy) is 1. The number of amides is 2. The number of hydrogen-bond donors (Lipinski definition) is 0. The highest BCUT2D eigenvalue weighted by atomic mass is 16.5. The maximum atomic E-state index is 13.0. The van der Waals surface area contributed by atoms with Gasteiger partial charge in [-0.05, 0) is 44.2 Å². The fourth-order valence-corrected chi connectivity index (χ4v) is 5.53. The number of benzene rings is 1. The third-order valence-electron chi connectivity index (χ3n) is 7.50. The van der Waals surface area contributed by atoms with Crippen molar-refractivity contribution in [2.45, 2.75) is 32.4 Å². The van der Waals surface area contributed by atoms with E-state index >= 15 is 0 Å². The van der Waals surface area contributed by atoms with Crippen LogP contribution in [-0.2, 0) is 11.3 Å². The van der Waals surface area contributed by atoms with Gasteiger partial charge in [0, 0.05) is 45.0 Å². The zero-order valence-corrected chi connectivity index (χ0v) is 19.5. The van der Waals surface area contributed by atoms with Gasteiger partial charge in [0.1, 0.15) is 0 Å². The fourth-order valence-electron chi connectivity index (χ4n) is 5.53. The van der Waals surface area contributed by atoms with Gasteiger partial charge in [-0.15, -0.1) is 0 Å². The lowest BCUT2D eigenvalue weighted by Gasteiger charge is -2.26. The van der Waals surface area contributed by atoms with E-state index in [1.807, 2.05) is 4.90 Å². The van der Waals surface area contributed by atoms with E-state index in [2.05, 4.69) is 48.2 Å². The molecule has 5 rings (SSSR count). The van der Waals surface area contributed by atoms with Crippen molar-refractivity contribution in [3.8, 4) is 0 Å². The van der Waals surface area contributed by atoms with Crippen LogP contribution < -0.4 is 0 Å². The summed E-state index contributed by atoms with van der Waals surface area (Å²) in [5.74, 6) is 0.976. The molecule has 0 spiro atoms. The minimum Gasteiger partial charge on any atom is -0.378 e. The molecule has 1 aromatic carbocycles. The Morgan fingerprint density at radius 2 is 1.73 bits per heavy atom. The van der Waals surface area contributed by atoms with Gasteiger partial charge in [0.25, 0.3) is 5.91 Å². The van der Waals surface area contributed by atoms with E-state index in [0.717, 1.165) is 32.5 Å². The van der Waals surface area contributed by atoms with Crippen LogP contribution in [0.2, 0.25) is 0 Å². The molecule has 2 amide bonds. The normalized spacial score (nSPS) is 25.0. The number of rotatable bonds is 4. The minimum absolute atomic E-state index is 0.0879. The van der Waals surface area contributed by atoms with Gasteiger partial charge in [0.2, 0.25) is 0 Å². The second-order valence-corrected chi connectivity index (χ2v) is 9.81. The standard InChI is InChI=1S/C25H33N5O3/c1-18-3-5-19(6-4-18)14-27(2)23-11-20-15-29(16-21(20)12-23)25(32)30-17-22(13-26-30)24(31)28-7-9-33-10-8-28/h3-6,13,17,20-21,23H,7-12,14-16H2,1-2H3/t20-,21+,23?. The molecule has 0 bridgehead atoms. The van der Waals surface area contributed by atoms with Crippen molar-refractivity contribution < 1.29 is 14.3 Å². The van der Waals surface area contributed by atoms with Crippen LogP contribution in [0.4, 0.5) is 4.79 Å². The van der Waals surface area contributed by atoms with Crippen LogP contribution in [0, 0.1) is 18.8 Å². The Morgan fingerprint density at radius 3 is 2.39 bits per heavy atom. The number of hydrogen-bond acceptors (Lipinski definition) is 5. The van der Waals surface area contributed by atoms with Crippen molar-refractivity contribution >= 4 is 11.9 Å². The molecule has 3 aliphatic rings. The Kier molecular flexibility index (Phi) is 6.21. The average molecular weight is 452 g/mol. The van der Waals surface area contributed by atoms with E-state index in [1.165, 1.54) is 22.0 Å². The van der Waals surface area contributed by atoms with Crippen molar-refractivity contribution in [2.24, 2.45) is 11.8 Å². The fraction of sp³-hybridized carbons (Fsp3) is 0.560. The second-order valence-electron chi connectivity index (χ2n) is 9.81. The third kappa shape index (κ3) is 4.68. The summed E-state index contributed by atoms with van der Waals surface area (Å²) in [4.78, 5) is 31.8. The maximum absolute atomic E-state index is 13.0. The van der Waals surface area contributed by atoms with Crippen molar-refractivity contribution in [1.29, 1.82) is 0 Å². The van der Waals surface area contributed by atoms with Gasteiger partial charge in [0.15, 0.2) is 0 Å². The van der Waals surface area contributed by atoms with Crippen LogP contribution in [0.15, 0.2) is 36.7 Å². The van der Waals surface area contributed by atoms with Crippen molar-refractivity contribution in [3.05, 3.63) is 53.3 Å². The van der Waals surface area contributed by atoms with Crippen LogP contribution in [0.1, 0.15) is 34.3 Å². The van der Waals surface area contributed by atoms with E-state index in [9.17, 15) is 9.59 Å². The molecule has 8 nitrogen and oxygen atoms in total. The minimum atomic E-state index is -0.130. The van der Waals surface area contributed by atoms with Gasteiger partial charge < -0.3 is 14.5 Å². The number of fused-ring (bicyclic) bond motifs is 1. The Morgan fingerprint density at radius 1 is 1.06 bits per heavy atom. The van der Waals surface area contributed by atoms with Gasteiger partial charge >= 0.3 is 6.03 Å². The van der Waals surface area contributed by atoms with Gasteiger partial charge in [-0.25, -0.2) is 4.79 Å². The van der Waals surface area contributed by atoms with Crippen LogP contribution in [0.3, 0.4) is 0 Å². The number of morpholine rings is 1. The highest BCUT2D eigenvalue weighted by molar-refractivity contribution is 5.94. The van der Waals surface area contributed by atoms with E-state index in [4.69, 9.17) is 4.74 Å². The predicted octanol–water partition coefficient (Wildman–Crippen LogP) is 2.47. The van der Waals surface area contributed by atoms with Crippen molar-refractivity contribution in [2.75, 3.05) is 46.4 Å². The summed E-state index contributed by atoms with van der Waals surface area (Å²) in [5, 5.41) is 4.21. The first-order valence-corrected chi connectivity index (χ1v) is 11.9. The topological polar surface area (TPSA) is 70.9 Å².